The molecule has 0 amide bonds. The summed E-state index contributed by atoms with van der Waals surface area (Å²) in [6, 6.07) is 0.705. The highest BCUT2D eigenvalue weighted by molar-refractivity contribution is 7.09. The predicted molar refractivity (Wildman–Crippen MR) is 76.1 cm³/mol. The van der Waals surface area contributed by atoms with Gasteiger partial charge in [0.05, 0.1) is 10.7 Å². The van der Waals surface area contributed by atoms with Crippen molar-refractivity contribution in [3.8, 4) is 0 Å². The first-order valence-electron chi connectivity index (χ1n) is 6.15. The molecule has 1 N–H and O–H groups in total. The second kappa shape index (κ2) is 7.31. The van der Waals surface area contributed by atoms with Crippen molar-refractivity contribution in [1.29, 1.82) is 0 Å². The molecule has 1 unspecified atom stereocenters. The quantitative estimate of drug-likeness (QED) is 0.894. The predicted octanol–water partition coefficient (Wildman–Crippen LogP) is 2.31. The minimum Gasteiger partial charge on any atom is -0.318 e. The molecule has 3 nitrogen and oxygen atoms in total. The average Bonchev–Trinajstić information content (AvgIpc) is 2.90. The van der Waals surface area contributed by atoms with Crippen LogP contribution in [0.3, 0.4) is 0 Å². The summed E-state index contributed by atoms with van der Waals surface area (Å²) in [5, 5.41) is 6.76. The van der Waals surface area contributed by atoms with E-state index in [1.54, 1.807) is 11.3 Å². The molecule has 0 aliphatic carbocycles. The molecule has 1 aliphatic heterocycles. The number of aromatic nitrogens is 1. The van der Waals surface area contributed by atoms with Gasteiger partial charge in [0, 0.05) is 24.5 Å². The molecule has 1 aromatic heterocycles. The normalized spacial score (nSPS) is 20.5. The van der Waals surface area contributed by atoms with E-state index >= 15 is 0 Å². The molecular weight excluding hydrogens is 254 g/mol. The summed E-state index contributed by atoms with van der Waals surface area (Å²) in [5.41, 5.74) is 1.25. The van der Waals surface area contributed by atoms with Gasteiger partial charge in [-0.1, -0.05) is 6.92 Å². The smallest absolute Gasteiger partial charge is 0.0926 e. The van der Waals surface area contributed by atoms with Crippen molar-refractivity contribution in [2.24, 2.45) is 0 Å². The molecule has 98 valence electrons. The van der Waals surface area contributed by atoms with Crippen LogP contribution in [0.2, 0.25) is 0 Å². The second-order valence-electron chi connectivity index (χ2n) is 4.41. The summed E-state index contributed by atoms with van der Waals surface area (Å²) in [5.74, 6) is 0. The molecule has 0 radical (unpaired) electrons. The van der Waals surface area contributed by atoms with E-state index < -0.39 is 0 Å². The van der Waals surface area contributed by atoms with Crippen LogP contribution in [0.25, 0.3) is 0 Å². The number of nitrogens with zero attached hydrogens (tertiary/aromatic N) is 2. The highest BCUT2D eigenvalue weighted by Gasteiger charge is 2.24. The molecule has 0 aromatic carbocycles. The number of nitrogens with one attached hydrogen (secondary N) is 1. The van der Waals surface area contributed by atoms with Gasteiger partial charge in [-0.15, -0.1) is 23.7 Å². The molecule has 0 saturated carbocycles. The first-order chi connectivity index (χ1) is 7.83. The van der Waals surface area contributed by atoms with E-state index in [0.29, 0.717) is 6.04 Å². The van der Waals surface area contributed by atoms with Gasteiger partial charge in [0.2, 0.25) is 0 Å². The Morgan fingerprint density at radius 3 is 3.06 bits per heavy atom. The first-order valence-corrected chi connectivity index (χ1v) is 7.03. The highest BCUT2D eigenvalue weighted by Crippen LogP contribution is 2.20. The molecular formula is C12H22ClN3S. The summed E-state index contributed by atoms with van der Waals surface area (Å²) in [7, 11) is 2.04. The molecule has 1 aliphatic rings. The standard InChI is InChI=1S/C12H21N3S.ClH/c1-3-12-14-10(9-16-12)8-15-6-4-5-11(15)7-13-2;/h9,11,13H,3-8H2,1-2H3;1H. The number of aryl methyl sites for hydroxylation is 1. The zero-order valence-electron chi connectivity index (χ0n) is 10.6. The van der Waals surface area contributed by atoms with Gasteiger partial charge in [-0.2, -0.15) is 0 Å². The Kier molecular flexibility index (Phi) is 6.41. The molecule has 17 heavy (non-hydrogen) atoms. The van der Waals surface area contributed by atoms with Gasteiger partial charge in [0.25, 0.3) is 0 Å². The van der Waals surface area contributed by atoms with Crippen molar-refractivity contribution < 1.29 is 0 Å². The van der Waals surface area contributed by atoms with Crippen LogP contribution in [0.4, 0.5) is 0 Å². The van der Waals surface area contributed by atoms with E-state index in [4.69, 9.17) is 0 Å². The van der Waals surface area contributed by atoms with Crippen molar-refractivity contribution in [2.45, 2.75) is 38.8 Å². The van der Waals surface area contributed by atoms with E-state index in [1.165, 1.54) is 30.1 Å². The minimum atomic E-state index is 0. The van der Waals surface area contributed by atoms with Crippen LogP contribution in [-0.4, -0.2) is 36.1 Å². The maximum absolute atomic E-state index is 4.64. The van der Waals surface area contributed by atoms with E-state index in [9.17, 15) is 0 Å². The number of rotatable bonds is 5. The van der Waals surface area contributed by atoms with Gasteiger partial charge in [-0.3, -0.25) is 4.90 Å². The lowest BCUT2D eigenvalue weighted by Crippen LogP contribution is -2.36. The Hall–Kier alpha value is -0.160. The van der Waals surface area contributed by atoms with Crippen LogP contribution in [0.5, 0.6) is 0 Å². The Labute approximate surface area is 114 Å². The third kappa shape index (κ3) is 3.91. The Morgan fingerprint density at radius 2 is 2.41 bits per heavy atom. The van der Waals surface area contributed by atoms with E-state index in [-0.39, 0.29) is 12.4 Å². The Balaban J connectivity index is 0.00000144. The topological polar surface area (TPSA) is 28.2 Å². The van der Waals surface area contributed by atoms with Crippen LogP contribution in [0.1, 0.15) is 30.5 Å². The highest BCUT2D eigenvalue weighted by atomic mass is 35.5. The lowest BCUT2D eigenvalue weighted by molar-refractivity contribution is 0.240. The number of hydrogen-bond acceptors (Lipinski definition) is 4. The molecule has 1 saturated heterocycles. The van der Waals surface area contributed by atoms with Gasteiger partial charge in [0.1, 0.15) is 0 Å². The monoisotopic (exact) mass is 275 g/mol. The number of likely N-dealkylation sites (N-methyl/N-ethyl adjacent to an activating group) is 1. The molecule has 0 spiro atoms. The third-order valence-corrected chi connectivity index (χ3v) is 4.25. The third-order valence-electron chi connectivity index (χ3n) is 3.21. The molecule has 1 fully saturated rings. The van der Waals surface area contributed by atoms with Crippen molar-refractivity contribution in [3.63, 3.8) is 0 Å². The van der Waals surface area contributed by atoms with Gasteiger partial charge >= 0.3 is 0 Å². The lowest BCUT2D eigenvalue weighted by atomic mass is 10.2. The summed E-state index contributed by atoms with van der Waals surface area (Å²) in [4.78, 5) is 7.20. The van der Waals surface area contributed by atoms with E-state index in [0.717, 1.165) is 19.5 Å². The maximum atomic E-state index is 4.64. The molecule has 1 atom stereocenters. The number of thiazole rings is 1. The summed E-state index contributed by atoms with van der Waals surface area (Å²) in [6.07, 6.45) is 3.72. The largest absolute Gasteiger partial charge is 0.318 e. The van der Waals surface area contributed by atoms with Crippen LogP contribution >= 0.6 is 23.7 Å². The fourth-order valence-electron chi connectivity index (χ4n) is 2.36. The lowest BCUT2D eigenvalue weighted by Gasteiger charge is -2.23. The van der Waals surface area contributed by atoms with Crippen LogP contribution in [0.15, 0.2) is 5.38 Å². The Bertz CT molecular complexity index is 329. The fraction of sp³-hybridized carbons (Fsp3) is 0.750. The van der Waals surface area contributed by atoms with Crippen LogP contribution < -0.4 is 5.32 Å². The minimum absolute atomic E-state index is 0. The number of hydrogen-bond donors (Lipinski definition) is 1. The van der Waals surface area contributed by atoms with E-state index in [1.807, 2.05) is 7.05 Å². The maximum Gasteiger partial charge on any atom is 0.0926 e. The number of likely N-dealkylation sites (tertiary alicyclic amines) is 1. The first kappa shape index (κ1) is 14.9. The molecule has 5 heteroatoms. The summed E-state index contributed by atoms with van der Waals surface area (Å²) >= 11 is 1.79. The fourth-order valence-corrected chi connectivity index (χ4v) is 3.10. The SMILES string of the molecule is CCc1nc(CN2CCCC2CNC)cs1.Cl. The van der Waals surface area contributed by atoms with Gasteiger partial charge in [0.15, 0.2) is 0 Å². The molecule has 2 heterocycles. The summed E-state index contributed by atoms with van der Waals surface area (Å²) in [6.45, 7) is 5.53. The molecule has 0 bridgehead atoms. The molecule has 1 aromatic rings. The van der Waals surface area contributed by atoms with Gasteiger partial charge in [-0.05, 0) is 32.9 Å². The van der Waals surface area contributed by atoms with Crippen molar-refractivity contribution in [3.05, 3.63) is 16.1 Å². The van der Waals surface area contributed by atoms with Crippen molar-refractivity contribution >= 4 is 23.7 Å². The molecule has 2 rings (SSSR count). The van der Waals surface area contributed by atoms with Crippen molar-refractivity contribution in [1.82, 2.24) is 15.2 Å². The van der Waals surface area contributed by atoms with E-state index in [2.05, 4.69) is 27.5 Å². The summed E-state index contributed by atoms with van der Waals surface area (Å²) < 4.78 is 0. The Morgan fingerprint density at radius 1 is 1.59 bits per heavy atom. The zero-order chi connectivity index (χ0) is 11.4. The zero-order valence-corrected chi connectivity index (χ0v) is 12.2. The number of halogens is 1. The average molecular weight is 276 g/mol. The second-order valence-corrected chi connectivity index (χ2v) is 5.35. The van der Waals surface area contributed by atoms with Gasteiger partial charge < -0.3 is 5.32 Å². The van der Waals surface area contributed by atoms with Crippen LogP contribution in [0, 0.1) is 0 Å². The van der Waals surface area contributed by atoms with Crippen LogP contribution in [-0.2, 0) is 13.0 Å². The van der Waals surface area contributed by atoms with Crippen molar-refractivity contribution in [2.75, 3.05) is 20.1 Å². The van der Waals surface area contributed by atoms with Gasteiger partial charge in [-0.25, -0.2) is 4.98 Å².